The van der Waals surface area contributed by atoms with Gasteiger partial charge in [-0.15, -0.1) is 0 Å². The van der Waals surface area contributed by atoms with Gasteiger partial charge in [-0.2, -0.15) is 0 Å². The average molecular weight is 440 g/mol. The molecule has 1 heterocycles. The van der Waals surface area contributed by atoms with Crippen LogP contribution in [0.5, 0.6) is 0 Å². The normalized spacial score (nSPS) is 11.1. The number of nitro groups is 1. The minimum Gasteiger partial charge on any atom is -0.461 e. The number of H-pyrrole nitrogens is 1. The summed E-state index contributed by atoms with van der Waals surface area (Å²) in [5.41, 5.74) is 1.17. The van der Waals surface area contributed by atoms with Crippen LogP contribution < -0.4 is 10.6 Å². The minimum absolute atomic E-state index is 0.111. The Morgan fingerprint density at radius 2 is 1.84 bits per heavy atom. The number of amides is 1. The zero-order chi connectivity index (χ0) is 23.5. The molecule has 10 heteroatoms. The van der Waals surface area contributed by atoms with E-state index in [1.807, 2.05) is 0 Å². The Morgan fingerprint density at radius 3 is 2.50 bits per heavy atom. The van der Waals surface area contributed by atoms with Crippen LogP contribution in [-0.4, -0.2) is 34.2 Å². The molecule has 3 aromatic rings. The topological polar surface area (TPSA) is 136 Å². The molecule has 10 nitrogen and oxygen atoms in total. The van der Waals surface area contributed by atoms with E-state index in [0.29, 0.717) is 22.4 Å². The smallest absolute Gasteiger partial charge is 0.412 e. The molecular weight excluding hydrogens is 416 g/mol. The van der Waals surface area contributed by atoms with Crippen molar-refractivity contribution >= 4 is 45.7 Å². The van der Waals surface area contributed by atoms with Crippen LogP contribution >= 0.6 is 0 Å². The highest BCUT2D eigenvalue weighted by Crippen LogP contribution is 2.34. The first-order valence-corrected chi connectivity index (χ1v) is 9.91. The lowest BCUT2D eigenvalue weighted by Crippen LogP contribution is -2.27. The summed E-state index contributed by atoms with van der Waals surface area (Å²) < 4.78 is 10.2. The number of esters is 1. The zero-order valence-corrected chi connectivity index (χ0v) is 18.1. The van der Waals surface area contributed by atoms with Crippen LogP contribution in [0.1, 0.15) is 38.2 Å². The summed E-state index contributed by atoms with van der Waals surface area (Å²) in [5, 5.41) is 17.7. The molecule has 0 saturated heterocycles. The molecule has 0 fully saturated rings. The van der Waals surface area contributed by atoms with Crippen LogP contribution in [0.25, 0.3) is 10.9 Å². The number of aromatic nitrogens is 1. The molecule has 0 bridgehead atoms. The van der Waals surface area contributed by atoms with Crippen molar-refractivity contribution < 1.29 is 24.0 Å². The largest absolute Gasteiger partial charge is 0.461 e. The summed E-state index contributed by atoms with van der Waals surface area (Å²) in [6, 6.07) is 11.3. The summed E-state index contributed by atoms with van der Waals surface area (Å²) in [6.07, 6.45) is -0.586. The lowest BCUT2D eigenvalue weighted by molar-refractivity contribution is -0.383. The predicted molar refractivity (Wildman–Crippen MR) is 120 cm³/mol. The van der Waals surface area contributed by atoms with Gasteiger partial charge in [0.05, 0.1) is 11.5 Å². The molecule has 0 aliphatic heterocycles. The molecule has 0 aliphatic rings. The van der Waals surface area contributed by atoms with Gasteiger partial charge in [-0.3, -0.25) is 15.4 Å². The van der Waals surface area contributed by atoms with E-state index in [1.165, 1.54) is 12.1 Å². The standard InChI is InChI=1S/C22H24N4O6/c1-5-31-20(27)17-12-15-16(9-10-18(26(29)30)19(15)25-17)23-13-7-6-8-14(11-13)24-21(28)32-22(2,3)4/h6-12,23,25H,5H2,1-4H3,(H,24,28). The van der Waals surface area contributed by atoms with Crippen LogP contribution in [0.3, 0.4) is 0 Å². The molecule has 32 heavy (non-hydrogen) atoms. The Morgan fingerprint density at radius 1 is 1.12 bits per heavy atom. The van der Waals surface area contributed by atoms with Gasteiger partial charge in [0.15, 0.2) is 0 Å². The van der Waals surface area contributed by atoms with E-state index < -0.39 is 22.6 Å². The number of hydrogen-bond acceptors (Lipinski definition) is 7. The monoisotopic (exact) mass is 440 g/mol. The number of hydrogen-bond donors (Lipinski definition) is 3. The van der Waals surface area contributed by atoms with Gasteiger partial charge in [0.2, 0.25) is 0 Å². The number of anilines is 3. The number of non-ortho nitro benzene ring substituents is 1. The molecule has 0 unspecified atom stereocenters. The summed E-state index contributed by atoms with van der Waals surface area (Å²) >= 11 is 0. The minimum atomic E-state index is -0.630. The second kappa shape index (κ2) is 8.96. The molecule has 3 rings (SSSR count). The summed E-state index contributed by atoms with van der Waals surface area (Å²) in [7, 11) is 0. The van der Waals surface area contributed by atoms with Crippen molar-refractivity contribution in [1.82, 2.24) is 4.98 Å². The fourth-order valence-electron chi connectivity index (χ4n) is 3.04. The lowest BCUT2D eigenvalue weighted by atomic mass is 10.1. The van der Waals surface area contributed by atoms with Crippen molar-refractivity contribution in [3.05, 3.63) is 58.3 Å². The van der Waals surface area contributed by atoms with Gasteiger partial charge in [-0.25, -0.2) is 9.59 Å². The van der Waals surface area contributed by atoms with E-state index in [0.717, 1.165) is 0 Å². The van der Waals surface area contributed by atoms with Gasteiger partial charge in [0.1, 0.15) is 16.8 Å². The summed E-state index contributed by atoms with van der Waals surface area (Å²) in [6.45, 7) is 7.16. The number of fused-ring (bicyclic) bond motifs is 1. The van der Waals surface area contributed by atoms with Crippen molar-refractivity contribution in [2.24, 2.45) is 0 Å². The zero-order valence-electron chi connectivity index (χ0n) is 18.1. The molecule has 2 aromatic carbocycles. The highest BCUT2D eigenvalue weighted by atomic mass is 16.6. The number of nitro benzene ring substituents is 1. The van der Waals surface area contributed by atoms with Crippen molar-refractivity contribution in [3.63, 3.8) is 0 Å². The number of ether oxygens (including phenoxy) is 2. The molecule has 0 atom stereocenters. The van der Waals surface area contributed by atoms with Crippen molar-refractivity contribution in [2.75, 3.05) is 17.2 Å². The first kappa shape index (κ1) is 22.6. The second-order valence-electron chi connectivity index (χ2n) is 7.91. The molecule has 3 N–H and O–H groups in total. The van der Waals surface area contributed by atoms with Gasteiger partial charge >= 0.3 is 12.1 Å². The Hall–Kier alpha value is -4.08. The van der Waals surface area contributed by atoms with Gasteiger partial charge in [0.25, 0.3) is 5.69 Å². The number of carbonyl (C=O) groups excluding carboxylic acids is 2. The third-order valence-corrected chi connectivity index (χ3v) is 4.25. The predicted octanol–water partition coefficient (Wildman–Crippen LogP) is 5.34. The number of nitrogens with one attached hydrogen (secondary N) is 3. The third-order valence-electron chi connectivity index (χ3n) is 4.25. The quantitative estimate of drug-likeness (QED) is 0.267. The van der Waals surface area contributed by atoms with E-state index in [-0.39, 0.29) is 23.5 Å². The maximum absolute atomic E-state index is 12.1. The van der Waals surface area contributed by atoms with E-state index in [1.54, 1.807) is 58.0 Å². The Kier molecular flexibility index (Phi) is 6.33. The molecule has 1 amide bonds. The van der Waals surface area contributed by atoms with E-state index >= 15 is 0 Å². The van der Waals surface area contributed by atoms with E-state index in [4.69, 9.17) is 9.47 Å². The Balaban J connectivity index is 1.92. The van der Waals surface area contributed by atoms with Crippen LogP contribution in [0.2, 0.25) is 0 Å². The fraction of sp³-hybridized carbons (Fsp3) is 0.273. The maximum atomic E-state index is 12.1. The highest BCUT2D eigenvalue weighted by Gasteiger charge is 2.21. The van der Waals surface area contributed by atoms with Crippen molar-refractivity contribution in [2.45, 2.75) is 33.3 Å². The van der Waals surface area contributed by atoms with Gasteiger partial charge in [0, 0.05) is 28.5 Å². The molecule has 0 saturated carbocycles. The number of nitrogens with zero attached hydrogens (tertiary/aromatic N) is 1. The number of rotatable bonds is 6. The highest BCUT2D eigenvalue weighted by molar-refractivity contribution is 6.04. The Labute approximate surface area is 184 Å². The average Bonchev–Trinajstić information content (AvgIpc) is 3.13. The number of benzene rings is 2. The molecule has 0 spiro atoms. The lowest BCUT2D eigenvalue weighted by Gasteiger charge is -2.19. The van der Waals surface area contributed by atoms with Crippen LogP contribution in [0.4, 0.5) is 27.5 Å². The molecule has 1 aromatic heterocycles. The van der Waals surface area contributed by atoms with Gasteiger partial charge in [-0.1, -0.05) is 6.07 Å². The fourth-order valence-corrected chi connectivity index (χ4v) is 3.04. The van der Waals surface area contributed by atoms with Crippen molar-refractivity contribution in [3.8, 4) is 0 Å². The molecular formula is C22H24N4O6. The molecule has 0 aliphatic carbocycles. The second-order valence-corrected chi connectivity index (χ2v) is 7.91. The maximum Gasteiger partial charge on any atom is 0.412 e. The third kappa shape index (κ3) is 5.34. The van der Waals surface area contributed by atoms with Crippen molar-refractivity contribution in [1.29, 1.82) is 0 Å². The summed E-state index contributed by atoms with van der Waals surface area (Å²) in [5.74, 6) is -0.604. The molecule has 0 radical (unpaired) electrons. The Bertz CT molecular complexity index is 1180. The number of aromatic amines is 1. The van der Waals surface area contributed by atoms with Crippen LogP contribution in [0, 0.1) is 10.1 Å². The van der Waals surface area contributed by atoms with Gasteiger partial charge < -0.3 is 19.8 Å². The number of carbonyl (C=O) groups is 2. The first-order valence-electron chi connectivity index (χ1n) is 9.91. The van der Waals surface area contributed by atoms with Crippen LogP contribution in [0.15, 0.2) is 42.5 Å². The van der Waals surface area contributed by atoms with Gasteiger partial charge in [-0.05, 0) is 58.0 Å². The first-order chi connectivity index (χ1) is 15.1. The summed E-state index contributed by atoms with van der Waals surface area (Å²) in [4.78, 5) is 37.8. The van der Waals surface area contributed by atoms with Crippen LogP contribution in [-0.2, 0) is 9.47 Å². The van der Waals surface area contributed by atoms with E-state index in [2.05, 4.69) is 15.6 Å². The molecule has 168 valence electrons. The SMILES string of the molecule is CCOC(=O)c1cc2c(Nc3cccc(NC(=O)OC(C)(C)C)c3)ccc([N+](=O)[O-])c2[nH]1. The van der Waals surface area contributed by atoms with E-state index in [9.17, 15) is 19.7 Å².